The number of halogens is 1. The van der Waals surface area contributed by atoms with Gasteiger partial charge in [-0.25, -0.2) is 12.8 Å². The smallest absolute Gasteiger partial charge is 0.323 e. The number of nitrogens with two attached hydrogens (primary N) is 2. The second kappa shape index (κ2) is 9.84. The van der Waals surface area contributed by atoms with E-state index < -0.39 is 21.6 Å². The van der Waals surface area contributed by atoms with Crippen molar-refractivity contribution in [1.29, 1.82) is 0 Å². The van der Waals surface area contributed by atoms with Gasteiger partial charge in [-0.1, -0.05) is 12.1 Å². The van der Waals surface area contributed by atoms with Crippen molar-refractivity contribution in [1.82, 2.24) is 4.57 Å². The minimum absolute atomic E-state index is 0.207. The van der Waals surface area contributed by atoms with Crippen LogP contribution in [-0.4, -0.2) is 43.4 Å². The molecule has 0 bridgehead atoms. The van der Waals surface area contributed by atoms with Crippen molar-refractivity contribution in [2.45, 2.75) is 24.8 Å². The molecule has 0 aliphatic heterocycles. The van der Waals surface area contributed by atoms with Crippen LogP contribution in [0.5, 0.6) is 0 Å². The molecule has 162 valence electrons. The Morgan fingerprint density at radius 3 is 2.20 bits per heavy atom. The number of aliphatic carboxylic acids is 1. The van der Waals surface area contributed by atoms with E-state index in [4.69, 9.17) is 16.6 Å². The molecule has 0 fully saturated rings. The summed E-state index contributed by atoms with van der Waals surface area (Å²) in [7, 11) is -3.27. The summed E-state index contributed by atoms with van der Waals surface area (Å²) in [4.78, 5) is 11.4. The van der Waals surface area contributed by atoms with Gasteiger partial charge in [0.15, 0.2) is 9.84 Å². The molecule has 0 saturated heterocycles. The summed E-state index contributed by atoms with van der Waals surface area (Å²) >= 11 is 0. The second-order valence-corrected chi connectivity index (χ2v) is 8.89. The number of nitrogens with zero attached hydrogens (tertiary/aromatic N) is 1. The first-order valence-electron chi connectivity index (χ1n) is 9.26. The molecule has 0 radical (unpaired) electrons. The zero-order valence-corrected chi connectivity index (χ0v) is 17.7. The zero-order valence-electron chi connectivity index (χ0n) is 16.9. The highest BCUT2D eigenvalue weighted by atomic mass is 32.2. The predicted molar refractivity (Wildman–Crippen MR) is 115 cm³/mol. The van der Waals surface area contributed by atoms with Crippen LogP contribution < -0.4 is 11.5 Å². The van der Waals surface area contributed by atoms with E-state index in [-0.39, 0.29) is 11.4 Å². The fourth-order valence-electron chi connectivity index (χ4n) is 3.14. The molecule has 2 aromatic carbocycles. The van der Waals surface area contributed by atoms with E-state index in [1.165, 1.54) is 24.3 Å². The molecule has 0 aliphatic rings. The molecule has 0 aliphatic carbocycles. The van der Waals surface area contributed by atoms with Gasteiger partial charge in [-0.2, -0.15) is 0 Å². The lowest BCUT2D eigenvalue weighted by atomic mass is 10.0. The summed E-state index contributed by atoms with van der Waals surface area (Å²) in [5.41, 5.74) is 12.9. The van der Waals surface area contributed by atoms with Crippen LogP contribution in [0.25, 0.3) is 10.9 Å². The van der Waals surface area contributed by atoms with E-state index in [0.717, 1.165) is 23.1 Å². The Bertz CT molecular complexity index is 1140. The number of hydrogen-bond donors (Lipinski definition) is 3. The van der Waals surface area contributed by atoms with Gasteiger partial charge in [0, 0.05) is 35.9 Å². The quantitative estimate of drug-likeness (QED) is 0.544. The van der Waals surface area contributed by atoms with Gasteiger partial charge in [0.2, 0.25) is 0 Å². The lowest BCUT2D eigenvalue weighted by Crippen LogP contribution is -2.11. The molecule has 1 aromatic heterocycles. The van der Waals surface area contributed by atoms with Crippen LogP contribution >= 0.6 is 0 Å². The molecule has 7 nitrogen and oxygen atoms in total. The summed E-state index contributed by atoms with van der Waals surface area (Å²) in [6, 6.07) is 10.8. The Morgan fingerprint density at radius 2 is 1.70 bits per heavy atom. The van der Waals surface area contributed by atoms with Crippen LogP contribution in [0.1, 0.15) is 16.8 Å². The number of benzene rings is 2. The number of carboxylic acid groups (broad SMARTS) is 1. The number of sulfone groups is 1. The van der Waals surface area contributed by atoms with Crippen LogP contribution in [0, 0.1) is 12.7 Å². The molecule has 0 spiro atoms. The molecule has 0 atom stereocenters. The van der Waals surface area contributed by atoms with E-state index in [1.807, 2.05) is 0 Å². The molecule has 0 saturated carbocycles. The highest BCUT2D eigenvalue weighted by Crippen LogP contribution is 2.29. The van der Waals surface area contributed by atoms with E-state index in [0.29, 0.717) is 30.4 Å². The molecule has 0 amide bonds. The van der Waals surface area contributed by atoms with Crippen LogP contribution in [0.15, 0.2) is 47.4 Å². The average Bonchev–Trinajstić information content (AvgIpc) is 2.92. The first kappa shape index (κ1) is 23.5. The van der Waals surface area contributed by atoms with Crippen LogP contribution in [0.3, 0.4) is 0 Å². The third-order valence-electron chi connectivity index (χ3n) is 4.61. The molecule has 9 heteroatoms. The standard InChI is InChI=1S/C19H18FNO4S.C2H8N2/c1-12-16(9-13-3-6-15(7-4-13)26(2,24)25)17-10-14(20)5-8-18(17)21(12)11-19(22)23;3-1-2-4/h3-8,10H,9,11H2,1-2H3,(H,22,23);1-4H2. The summed E-state index contributed by atoms with van der Waals surface area (Å²) in [6.07, 6.45) is 1.59. The van der Waals surface area contributed by atoms with Crippen LogP contribution in [0.4, 0.5) is 4.39 Å². The van der Waals surface area contributed by atoms with E-state index in [2.05, 4.69) is 0 Å². The van der Waals surface area contributed by atoms with Crippen molar-refractivity contribution < 1.29 is 22.7 Å². The monoisotopic (exact) mass is 435 g/mol. The molecular weight excluding hydrogens is 409 g/mol. The van der Waals surface area contributed by atoms with Gasteiger partial charge < -0.3 is 21.1 Å². The SMILES string of the molecule is Cc1c(Cc2ccc(S(C)(=O)=O)cc2)c2cc(F)ccc2n1CC(=O)O.NCCN. The average molecular weight is 436 g/mol. The number of aromatic nitrogens is 1. The van der Waals surface area contributed by atoms with E-state index >= 15 is 0 Å². The molecular formula is C21H26FN3O4S. The van der Waals surface area contributed by atoms with E-state index in [9.17, 15) is 17.6 Å². The van der Waals surface area contributed by atoms with Crippen molar-refractivity contribution in [3.63, 3.8) is 0 Å². The zero-order chi connectivity index (χ0) is 22.5. The molecule has 3 aromatic rings. The lowest BCUT2D eigenvalue weighted by Gasteiger charge is -2.06. The number of carboxylic acids is 1. The van der Waals surface area contributed by atoms with Gasteiger partial charge in [-0.3, -0.25) is 4.79 Å². The highest BCUT2D eigenvalue weighted by molar-refractivity contribution is 7.90. The Labute approximate surface area is 175 Å². The summed E-state index contributed by atoms with van der Waals surface area (Å²) < 4.78 is 38.5. The van der Waals surface area contributed by atoms with Gasteiger partial charge in [-0.05, 0) is 54.8 Å². The van der Waals surface area contributed by atoms with Gasteiger partial charge in [-0.15, -0.1) is 0 Å². The van der Waals surface area contributed by atoms with Crippen molar-refractivity contribution in [3.8, 4) is 0 Å². The van der Waals surface area contributed by atoms with Crippen molar-refractivity contribution in [2.24, 2.45) is 11.5 Å². The summed E-state index contributed by atoms with van der Waals surface area (Å²) in [5.74, 6) is -1.36. The van der Waals surface area contributed by atoms with Gasteiger partial charge in [0.1, 0.15) is 12.4 Å². The molecule has 1 heterocycles. The number of carbonyl (C=O) groups is 1. The number of hydrogen-bond acceptors (Lipinski definition) is 5. The Morgan fingerprint density at radius 1 is 1.10 bits per heavy atom. The fourth-order valence-corrected chi connectivity index (χ4v) is 3.78. The molecule has 0 unspecified atom stereocenters. The highest BCUT2D eigenvalue weighted by Gasteiger charge is 2.17. The Kier molecular flexibility index (Phi) is 7.71. The third kappa shape index (κ3) is 5.65. The maximum absolute atomic E-state index is 13.8. The maximum atomic E-state index is 13.8. The van der Waals surface area contributed by atoms with Crippen molar-refractivity contribution in [2.75, 3.05) is 19.3 Å². The van der Waals surface area contributed by atoms with Crippen molar-refractivity contribution >= 4 is 26.7 Å². The molecule has 5 N–H and O–H groups in total. The fraction of sp³-hybridized carbons (Fsp3) is 0.286. The lowest BCUT2D eigenvalue weighted by molar-refractivity contribution is -0.137. The number of fused-ring (bicyclic) bond motifs is 1. The summed E-state index contributed by atoms with van der Waals surface area (Å²) in [6.45, 7) is 2.79. The van der Waals surface area contributed by atoms with Crippen LogP contribution in [-0.2, 0) is 27.6 Å². The Balaban J connectivity index is 0.000000735. The number of rotatable bonds is 6. The van der Waals surface area contributed by atoms with E-state index in [1.54, 1.807) is 29.7 Å². The first-order chi connectivity index (χ1) is 14.1. The second-order valence-electron chi connectivity index (χ2n) is 6.88. The predicted octanol–water partition coefficient (Wildman–Crippen LogP) is 2.07. The third-order valence-corrected chi connectivity index (χ3v) is 5.74. The molecule has 3 rings (SSSR count). The van der Waals surface area contributed by atoms with Crippen LogP contribution in [0.2, 0.25) is 0 Å². The van der Waals surface area contributed by atoms with Crippen molar-refractivity contribution in [3.05, 3.63) is 65.1 Å². The largest absolute Gasteiger partial charge is 0.480 e. The normalized spacial score (nSPS) is 11.2. The van der Waals surface area contributed by atoms with Gasteiger partial charge in [0.05, 0.1) is 4.90 Å². The minimum Gasteiger partial charge on any atom is -0.480 e. The Hall–Kier alpha value is -2.75. The first-order valence-corrected chi connectivity index (χ1v) is 11.2. The molecule has 30 heavy (non-hydrogen) atoms. The van der Waals surface area contributed by atoms with Gasteiger partial charge >= 0.3 is 5.97 Å². The summed E-state index contributed by atoms with van der Waals surface area (Å²) in [5, 5.41) is 9.82. The van der Waals surface area contributed by atoms with Gasteiger partial charge in [0.25, 0.3) is 0 Å². The maximum Gasteiger partial charge on any atom is 0.323 e. The minimum atomic E-state index is -3.27. The topological polar surface area (TPSA) is 128 Å².